The molecule has 0 aromatic heterocycles. The van der Waals surface area contributed by atoms with E-state index in [0.717, 1.165) is 51.4 Å². The van der Waals surface area contributed by atoms with Crippen molar-refractivity contribution in [1.29, 1.82) is 0 Å². The third-order valence-corrected chi connectivity index (χ3v) is 16.7. The van der Waals surface area contributed by atoms with Crippen molar-refractivity contribution in [3.05, 3.63) is 36.5 Å². The van der Waals surface area contributed by atoms with E-state index in [2.05, 4.69) is 55.6 Å². The molecule has 2 unspecified atom stereocenters. The number of unbranched alkanes of at least 4 members (excludes halogenated alkanes) is 50. The molecule has 0 aliphatic rings. The monoisotopic (exact) mass is 1110 g/mol. The van der Waals surface area contributed by atoms with Crippen LogP contribution in [-0.4, -0.2) is 47.4 Å². The number of hydrogen-bond acceptors (Lipinski definition) is 5. The summed E-state index contributed by atoms with van der Waals surface area (Å²) < 4.78 is 5.48. The normalized spacial score (nSPS) is 12.7. The fourth-order valence-corrected chi connectivity index (χ4v) is 11.2. The molecular weight excluding hydrogens is 971 g/mol. The van der Waals surface area contributed by atoms with Crippen LogP contribution in [0.5, 0.6) is 0 Å². The van der Waals surface area contributed by atoms with Gasteiger partial charge in [-0.1, -0.05) is 339 Å². The van der Waals surface area contributed by atoms with Crippen molar-refractivity contribution in [1.82, 2.24) is 5.32 Å². The van der Waals surface area contributed by atoms with Crippen LogP contribution < -0.4 is 5.32 Å². The molecule has 0 aliphatic heterocycles. The number of aliphatic hydroxyl groups is 2. The number of allylic oxidation sites excluding steroid dienone is 6. The molecule has 79 heavy (non-hydrogen) atoms. The molecular formula is C73H139NO5. The summed E-state index contributed by atoms with van der Waals surface area (Å²) in [5.41, 5.74) is 0. The van der Waals surface area contributed by atoms with Gasteiger partial charge in [-0.3, -0.25) is 9.59 Å². The molecule has 0 aromatic rings. The number of rotatable bonds is 67. The van der Waals surface area contributed by atoms with E-state index >= 15 is 0 Å². The Morgan fingerprint density at radius 2 is 0.646 bits per heavy atom. The van der Waals surface area contributed by atoms with Crippen LogP contribution >= 0.6 is 0 Å². The Morgan fingerprint density at radius 1 is 0.354 bits per heavy atom. The minimum Gasteiger partial charge on any atom is -0.466 e. The summed E-state index contributed by atoms with van der Waals surface area (Å²) >= 11 is 0. The van der Waals surface area contributed by atoms with E-state index in [1.54, 1.807) is 0 Å². The average molecular weight is 1110 g/mol. The molecule has 466 valence electrons. The van der Waals surface area contributed by atoms with Crippen molar-refractivity contribution < 1.29 is 24.5 Å². The molecule has 0 saturated heterocycles. The van der Waals surface area contributed by atoms with Crippen molar-refractivity contribution >= 4 is 11.9 Å². The lowest BCUT2D eigenvalue weighted by atomic mass is 10.0. The van der Waals surface area contributed by atoms with E-state index in [1.165, 1.54) is 308 Å². The Morgan fingerprint density at radius 3 is 1.01 bits per heavy atom. The molecule has 0 spiro atoms. The summed E-state index contributed by atoms with van der Waals surface area (Å²) in [6, 6.07) is -0.539. The van der Waals surface area contributed by atoms with Crippen LogP contribution in [0, 0.1) is 0 Å². The van der Waals surface area contributed by atoms with Gasteiger partial charge in [0.25, 0.3) is 0 Å². The fraction of sp³-hybridized carbons (Fsp3) is 0.890. The Hall–Kier alpha value is -1.92. The molecule has 1 amide bonds. The highest BCUT2D eigenvalue weighted by molar-refractivity contribution is 5.76. The zero-order valence-corrected chi connectivity index (χ0v) is 53.4. The zero-order valence-electron chi connectivity index (χ0n) is 53.4. The molecule has 0 aromatic carbocycles. The van der Waals surface area contributed by atoms with Gasteiger partial charge >= 0.3 is 5.97 Å². The predicted octanol–water partition coefficient (Wildman–Crippen LogP) is 23.1. The van der Waals surface area contributed by atoms with E-state index in [1.807, 2.05) is 0 Å². The molecule has 6 nitrogen and oxygen atoms in total. The fourth-order valence-electron chi connectivity index (χ4n) is 11.2. The van der Waals surface area contributed by atoms with Crippen molar-refractivity contribution in [3.63, 3.8) is 0 Å². The Labute approximate surface area is 494 Å². The van der Waals surface area contributed by atoms with Crippen LogP contribution in [0.2, 0.25) is 0 Å². The quantitative estimate of drug-likeness (QED) is 0.0320. The van der Waals surface area contributed by atoms with Gasteiger partial charge in [-0.15, -0.1) is 0 Å². The first-order valence-electron chi connectivity index (χ1n) is 35.7. The maximum absolute atomic E-state index is 12.5. The minimum absolute atomic E-state index is 0.00430. The number of ether oxygens (including phenoxy) is 1. The van der Waals surface area contributed by atoms with Gasteiger partial charge < -0.3 is 20.3 Å². The SMILES string of the molecule is CCCC/C=C\C/C=C\CCCCCCCC(=O)OCCCCCCCCCCCCCC/C=C\CCCCCCCCCCCCCCCCCCCC(=O)NC(CO)C(O)CCCCCCCCCCCCCCCCC. The summed E-state index contributed by atoms with van der Waals surface area (Å²) in [5.74, 6) is -0.0249. The van der Waals surface area contributed by atoms with Crippen molar-refractivity contribution in [2.45, 2.75) is 405 Å². The molecule has 0 saturated carbocycles. The minimum atomic E-state index is -0.662. The van der Waals surface area contributed by atoms with Gasteiger partial charge in [-0.25, -0.2) is 0 Å². The lowest BCUT2D eigenvalue weighted by molar-refractivity contribution is -0.143. The molecule has 0 bridgehead atoms. The van der Waals surface area contributed by atoms with E-state index in [9.17, 15) is 19.8 Å². The number of esters is 1. The average Bonchev–Trinajstić information content (AvgIpc) is 3.45. The second-order valence-corrected chi connectivity index (χ2v) is 24.6. The molecule has 3 N–H and O–H groups in total. The first-order chi connectivity index (χ1) is 39.0. The van der Waals surface area contributed by atoms with Crippen LogP contribution in [0.1, 0.15) is 393 Å². The summed E-state index contributed by atoms with van der Waals surface area (Å²) in [5, 5.41) is 23.3. The van der Waals surface area contributed by atoms with E-state index in [-0.39, 0.29) is 18.5 Å². The Balaban J connectivity index is 3.35. The van der Waals surface area contributed by atoms with Crippen LogP contribution in [0.15, 0.2) is 36.5 Å². The number of carbonyl (C=O) groups excluding carboxylic acids is 2. The third kappa shape index (κ3) is 65.1. The standard InChI is InChI=1S/C73H139NO5/c1-3-5-7-9-11-13-15-17-38-41-45-49-53-57-61-65-71(76)70(69-75)74-72(77)66-62-58-54-50-46-42-39-36-34-32-30-28-26-24-22-20-19-21-23-25-27-29-31-33-35-37-40-44-48-52-56-60-64-68-79-73(78)67-63-59-55-51-47-43-18-16-14-12-10-8-6-4-2/h10,12,16,18,23,25,70-71,75-76H,3-9,11,13-15,17,19-22,24,26-69H2,1-2H3,(H,74,77)/b12-10-,18-16-,25-23-. The second-order valence-electron chi connectivity index (χ2n) is 24.6. The highest BCUT2D eigenvalue weighted by atomic mass is 16.5. The smallest absolute Gasteiger partial charge is 0.305 e. The first-order valence-corrected chi connectivity index (χ1v) is 35.7. The first kappa shape index (κ1) is 77.1. The topological polar surface area (TPSA) is 95.9 Å². The number of carbonyl (C=O) groups is 2. The van der Waals surface area contributed by atoms with Gasteiger partial charge in [0.1, 0.15) is 0 Å². The predicted molar refractivity (Wildman–Crippen MR) is 347 cm³/mol. The lowest BCUT2D eigenvalue weighted by Crippen LogP contribution is -2.45. The van der Waals surface area contributed by atoms with Gasteiger partial charge in [0.05, 0.1) is 25.4 Å². The number of amides is 1. The van der Waals surface area contributed by atoms with E-state index in [4.69, 9.17) is 4.74 Å². The Bertz CT molecular complexity index is 1280. The summed E-state index contributed by atoms with van der Waals surface area (Å²) in [6.07, 6.45) is 87.7. The highest BCUT2D eigenvalue weighted by Crippen LogP contribution is 2.19. The van der Waals surface area contributed by atoms with Gasteiger partial charge in [0, 0.05) is 12.8 Å². The van der Waals surface area contributed by atoms with Gasteiger partial charge in [0.15, 0.2) is 0 Å². The van der Waals surface area contributed by atoms with Gasteiger partial charge in [-0.2, -0.15) is 0 Å². The van der Waals surface area contributed by atoms with Gasteiger partial charge in [0.2, 0.25) is 5.91 Å². The Kier molecular flexibility index (Phi) is 66.9. The molecule has 2 atom stereocenters. The maximum atomic E-state index is 12.5. The number of hydrogen-bond donors (Lipinski definition) is 3. The second kappa shape index (κ2) is 68.6. The van der Waals surface area contributed by atoms with E-state index in [0.29, 0.717) is 25.9 Å². The molecule has 0 radical (unpaired) electrons. The van der Waals surface area contributed by atoms with Crippen molar-refractivity contribution in [3.8, 4) is 0 Å². The summed E-state index contributed by atoms with van der Waals surface area (Å²) in [6.45, 7) is 4.94. The van der Waals surface area contributed by atoms with Crippen LogP contribution in [0.3, 0.4) is 0 Å². The summed E-state index contributed by atoms with van der Waals surface area (Å²) in [4.78, 5) is 24.6. The molecule has 0 rings (SSSR count). The van der Waals surface area contributed by atoms with Crippen LogP contribution in [0.25, 0.3) is 0 Å². The van der Waals surface area contributed by atoms with Gasteiger partial charge in [-0.05, 0) is 77.0 Å². The number of nitrogens with one attached hydrogen (secondary N) is 1. The molecule has 0 aliphatic carbocycles. The molecule has 0 heterocycles. The van der Waals surface area contributed by atoms with Crippen molar-refractivity contribution in [2.75, 3.05) is 13.2 Å². The summed E-state index contributed by atoms with van der Waals surface area (Å²) in [7, 11) is 0. The van der Waals surface area contributed by atoms with E-state index < -0.39 is 12.1 Å². The van der Waals surface area contributed by atoms with Crippen LogP contribution in [0.4, 0.5) is 0 Å². The van der Waals surface area contributed by atoms with Crippen LogP contribution in [-0.2, 0) is 14.3 Å². The zero-order chi connectivity index (χ0) is 57.1. The number of aliphatic hydroxyl groups excluding tert-OH is 2. The maximum Gasteiger partial charge on any atom is 0.305 e. The molecule has 0 fully saturated rings. The lowest BCUT2D eigenvalue weighted by Gasteiger charge is -2.22. The highest BCUT2D eigenvalue weighted by Gasteiger charge is 2.20. The van der Waals surface area contributed by atoms with Crippen molar-refractivity contribution in [2.24, 2.45) is 0 Å². The largest absolute Gasteiger partial charge is 0.466 e. The molecule has 6 heteroatoms. The third-order valence-electron chi connectivity index (χ3n) is 16.7.